The van der Waals surface area contributed by atoms with Crippen molar-refractivity contribution in [3.05, 3.63) is 71.4 Å². The lowest BCUT2D eigenvalue weighted by Crippen LogP contribution is -2.61. The van der Waals surface area contributed by atoms with Crippen LogP contribution in [0.1, 0.15) is 22.9 Å². The molecule has 2 aromatic carbocycles. The van der Waals surface area contributed by atoms with Gasteiger partial charge in [-0.3, -0.25) is 9.59 Å². The number of aromatic amines is 1. The number of hydrogen-bond donors (Lipinski definition) is 2. The first kappa shape index (κ1) is 14.3. The van der Waals surface area contributed by atoms with Gasteiger partial charge in [-0.05, 0) is 17.2 Å². The van der Waals surface area contributed by atoms with Crippen LogP contribution in [-0.4, -0.2) is 34.3 Å². The summed E-state index contributed by atoms with van der Waals surface area (Å²) in [7, 11) is 0. The van der Waals surface area contributed by atoms with E-state index >= 15 is 0 Å². The van der Waals surface area contributed by atoms with Crippen molar-refractivity contribution in [3.8, 4) is 0 Å². The molecule has 1 saturated heterocycles. The molecule has 0 bridgehead atoms. The van der Waals surface area contributed by atoms with Crippen LogP contribution in [0.5, 0.6) is 0 Å². The Kier molecular flexibility index (Phi) is 2.98. The maximum atomic E-state index is 12.7. The van der Waals surface area contributed by atoms with Crippen LogP contribution < -0.4 is 5.32 Å². The lowest BCUT2D eigenvalue weighted by Gasteiger charge is -2.44. The van der Waals surface area contributed by atoms with Gasteiger partial charge in [0, 0.05) is 23.0 Å². The van der Waals surface area contributed by atoms with Crippen LogP contribution in [0.4, 0.5) is 0 Å². The fourth-order valence-electron chi connectivity index (χ4n) is 4.16. The van der Waals surface area contributed by atoms with E-state index in [-0.39, 0.29) is 24.4 Å². The second-order valence-corrected chi connectivity index (χ2v) is 6.61. The van der Waals surface area contributed by atoms with Crippen molar-refractivity contribution >= 4 is 22.7 Å². The van der Waals surface area contributed by atoms with Crippen molar-refractivity contribution in [3.63, 3.8) is 0 Å². The molecule has 2 N–H and O–H groups in total. The number of nitrogens with one attached hydrogen (secondary N) is 2. The molecule has 124 valence electrons. The first-order chi connectivity index (χ1) is 12.2. The fraction of sp³-hybridized carbons (Fsp3) is 0.200. The van der Waals surface area contributed by atoms with Gasteiger partial charge in [0.15, 0.2) is 0 Å². The number of rotatable bonds is 1. The molecule has 25 heavy (non-hydrogen) atoms. The predicted molar refractivity (Wildman–Crippen MR) is 93.9 cm³/mol. The number of carbonyl (C=O) groups excluding carboxylic acids is 2. The van der Waals surface area contributed by atoms with Crippen LogP contribution >= 0.6 is 0 Å². The fourth-order valence-corrected chi connectivity index (χ4v) is 4.16. The SMILES string of the molecule is O=C1NCC(=O)N2C(c3ccccc3)c3[nH]c4ccccc4c3C[C@H]12. The monoisotopic (exact) mass is 331 g/mol. The summed E-state index contributed by atoms with van der Waals surface area (Å²) in [6.07, 6.45) is 0.542. The van der Waals surface area contributed by atoms with Crippen LogP contribution in [0.15, 0.2) is 54.6 Å². The number of amides is 2. The molecule has 2 aliphatic rings. The standard InChI is InChI=1S/C20H17N3O2/c24-17-11-21-20(25)16-10-14-13-8-4-5-9-15(13)22-18(14)19(23(16)17)12-6-2-1-3-7-12/h1-9,16,19,22H,10-11H2,(H,21,25)/t16-,19?/m1/s1. The molecule has 2 aliphatic heterocycles. The van der Waals surface area contributed by atoms with Crippen molar-refractivity contribution < 1.29 is 9.59 Å². The van der Waals surface area contributed by atoms with Crippen LogP contribution in [0.2, 0.25) is 0 Å². The first-order valence-electron chi connectivity index (χ1n) is 8.47. The summed E-state index contributed by atoms with van der Waals surface area (Å²) in [6, 6.07) is 17.3. The van der Waals surface area contributed by atoms with E-state index in [1.807, 2.05) is 48.5 Å². The zero-order chi connectivity index (χ0) is 17.0. The van der Waals surface area contributed by atoms with Gasteiger partial charge in [0.1, 0.15) is 6.04 Å². The summed E-state index contributed by atoms with van der Waals surface area (Å²) in [6.45, 7) is 0.0637. The zero-order valence-electron chi connectivity index (χ0n) is 13.5. The number of benzene rings is 2. The summed E-state index contributed by atoms with van der Waals surface area (Å²) in [5.41, 5.74) is 4.21. The van der Waals surface area contributed by atoms with Crippen LogP contribution in [0.3, 0.4) is 0 Å². The van der Waals surface area contributed by atoms with Crippen molar-refractivity contribution in [2.45, 2.75) is 18.5 Å². The number of H-pyrrole nitrogens is 1. The molecule has 2 amide bonds. The average molecular weight is 331 g/mol. The minimum atomic E-state index is -0.460. The third-order valence-corrected chi connectivity index (χ3v) is 5.25. The Bertz CT molecular complexity index is 993. The maximum Gasteiger partial charge on any atom is 0.243 e. The molecule has 5 rings (SSSR count). The minimum absolute atomic E-state index is 0.0391. The number of piperazine rings is 1. The van der Waals surface area contributed by atoms with E-state index in [4.69, 9.17) is 0 Å². The quantitative estimate of drug-likeness (QED) is 0.717. The number of hydrogen-bond acceptors (Lipinski definition) is 2. The van der Waals surface area contributed by atoms with Crippen LogP contribution in [0, 0.1) is 0 Å². The van der Waals surface area contributed by atoms with Gasteiger partial charge in [-0.15, -0.1) is 0 Å². The molecule has 0 aliphatic carbocycles. The molecule has 5 nitrogen and oxygen atoms in total. The van der Waals surface area contributed by atoms with Crippen molar-refractivity contribution in [1.82, 2.24) is 15.2 Å². The van der Waals surface area contributed by atoms with E-state index in [9.17, 15) is 9.59 Å². The normalized spacial score (nSPS) is 22.5. The number of carbonyl (C=O) groups is 2. The summed E-state index contributed by atoms with van der Waals surface area (Å²) in [4.78, 5) is 30.4. The molecule has 5 heteroatoms. The zero-order valence-corrected chi connectivity index (χ0v) is 13.5. The maximum absolute atomic E-state index is 12.7. The third kappa shape index (κ3) is 2.02. The molecule has 3 heterocycles. The van der Waals surface area contributed by atoms with Gasteiger partial charge in [0.2, 0.25) is 11.8 Å². The van der Waals surface area contributed by atoms with Crippen LogP contribution in [0.25, 0.3) is 10.9 Å². The second kappa shape index (κ2) is 5.21. The largest absolute Gasteiger partial charge is 0.356 e. The summed E-state index contributed by atoms with van der Waals surface area (Å²) >= 11 is 0. The second-order valence-electron chi connectivity index (χ2n) is 6.61. The van der Waals surface area contributed by atoms with Crippen molar-refractivity contribution in [2.75, 3.05) is 6.54 Å². The highest BCUT2D eigenvalue weighted by molar-refractivity contribution is 5.97. The number of para-hydroxylation sites is 1. The lowest BCUT2D eigenvalue weighted by molar-refractivity contribution is -0.148. The van der Waals surface area contributed by atoms with E-state index in [1.54, 1.807) is 4.90 Å². The topological polar surface area (TPSA) is 65.2 Å². The van der Waals surface area contributed by atoms with Gasteiger partial charge in [-0.2, -0.15) is 0 Å². The van der Waals surface area contributed by atoms with Gasteiger partial charge in [0.05, 0.1) is 12.6 Å². The molecule has 3 aromatic rings. The van der Waals surface area contributed by atoms with Gasteiger partial charge in [0.25, 0.3) is 0 Å². The highest BCUT2D eigenvalue weighted by Crippen LogP contribution is 2.41. The van der Waals surface area contributed by atoms with Gasteiger partial charge in [-0.25, -0.2) is 0 Å². The average Bonchev–Trinajstić information content (AvgIpc) is 3.02. The first-order valence-corrected chi connectivity index (χ1v) is 8.47. The predicted octanol–water partition coefficient (Wildman–Crippen LogP) is 2.14. The summed E-state index contributed by atoms with van der Waals surface area (Å²) < 4.78 is 0. The number of fused-ring (bicyclic) bond motifs is 4. The molecular weight excluding hydrogens is 314 g/mol. The smallest absolute Gasteiger partial charge is 0.243 e. The molecular formula is C20H17N3O2. The van der Waals surface area contributed by atoms with Gasteiger partial charge < -0.3 is 15.2 Å². The molecule has 0 spiro atoms. The number of aromatic nitrogens is 1. The summed E-state index contributed by atoms with van der Waals surface area (Å²) in [5, 5.41) is 3.86. The number of nitrogens with zero attached hydrogens (tertiary/aromatic N) is 1. The van der Waals surface area contributed by atoms with E-state index < -0.39 is 6.04 Å². The Morgan fingerprint density at radius 1 is 0.960 bits per heavy atom. The van der Waals surface area contributed by atoms with E-state index in [0.29, 0.717) is 6.42 Å². The Morgan fingerprint density at radius 2 is 1.72 bits per heavy atom. The lowest BCUT2D eigenvalue weighted by atomic mass is 9.86. The Morgan fingerprint density at radius 3 is 2.56 bits per heavy atom. The molecule has 0 saturated carbocycles. The Balaban J connectivity index is 1.78. The third-order valence-electron chi connectivity index (χ3n) is 5.25. The molecule has 0 radical (unpaired) electrons. The molecule has 1 unspecified atom stereocenters. The van der Waals surface area contributed by atoms with Gasteiger partial charge >= 0.3 is 0 Å². The van der Waals surface area contributed by atoms with Crippen LogP contribution in [-0.2, 0) is 16.0 Å². The van der Waals surface area contributed by atoms with E-state index in [2.05, 4.69) is 16.4 Å². The minimum Gasteiger partial charge on any atom is -0.356 e. The molecule has 1 aromatic heterocycles. The van der Waals surface area contributed by atoms with Crippen molar-refractivity contribution in [2.24, 2.45) is 0 Å². The van der Waals surface area contributed by atoms with E-state index in [1.165, 1.54) is 0 Å². The van der Waals surface area contributed by atoms with Gasteiger partial charge in [-0.1, -0.05) is 48.5 Å². The summed E-state index contributed by atoms with van der Waals surface area (Å²) in [5.74, 6) is -0.112. The molecule has 1 fully saturated rings. The Hall–Kier alpha value is -3.08. The van der Waals surface area contributed by atoms with Crippen molar-refractivity contribution in [1.29, 1.82) is 0 Å². The Labute approximate surface area is 144 Å². The highest BCUT2D eigenvalue weighted by atomic mass is 16.2. The molecule has 2 atom stereocenters. The van der Waals surface area contributed by atoms with E-state index in [0.717, 1.165) is 27.7 Å². The highest BCUT2D eigenvalue weighted by Gasteiger charge is 2.45.